The Bertz CT molecular complexity index is 736. The van der Waals surface area contributed by atoms with E-state index in [4.69, 9.17) is 5.73 Å². The minimum absolute atomic E-state index is 0.214. The van der Waals surface area contributed by atoms with Crippen LogP contribution in [0.25, 0.3) is 10.1 Å². The lowest BCUT2D eigenvalue weighted by molar-refractivity contribution is 0.630. The first-order chi connectivity index (χ1) is 9.15. The Morgan fingerprint density at radius 1 is 1.26 bits per heavy atom. The van der Waals surface area contributed by atoms with E-state index in [0.717, 1.165) is 26.1 Å². The van der Waals surface area contributed by atoms with E-state index in [2.05, 4.69) is 4.98 Å². The van der Waals surface area contributed by atoms with E-state index in [9.17, 15) is 4.39 Å². The van der Waals surface area contributed by atoms with Crippen molar-refractivity contribution in [2.24, 2.45) is 5.73 Å². The lowest BCUT2D eigenvalue weighted by Gasteiger charge is -2.11. The van der Waals surface area contributed by atoms with Gasteiger partial charge in [-0.1, -0.05) is 6.07 Å². The summed E-state index contributed by atoms with van der Waals surface area (Å²) in [5.74, 6) is -0.216. The maximum atomic E-state index is 13.2. The molecular formula is C15H13FN2S. The normalized spacial score (nSPS) is 12.8. The Balaban J connectivity index is 2.07. The molecule has 2 N–H and O–H groups in total. The molecule has 3 rings (SSSR count). The number of hydrogen-bond acceptors (Lipinski definition) is 3. The van der Waals surface area contributed by atoms with Crippen LogP contribution >= 0.6 is 11.3 Å². The minimum atomic E-state index is -0.216. The van der Waals surface area contributed by atoms with Crippen molar-refractivity contribution in [2.75, 3.05) is 0 Å². The van der Waals surface area contributed by atoms with E-state index in [1.165, 1.54) is 17.4 Å². The van der Waals surface area contributed by atoms with Gasteiger partial charge in [-0.3, -0.25) is 4.98 Å². The quantitative estimate of drug-likeness (QED) is 0.770. The van der Waals surface area contributed by atoms with Gasteiger partial charge >= 0.3 is 0 Å². The second kappa shape index (κ2) is 4.72. The molecule has 0 radical (unpaired) electrons. The molecule has 2 aromatic heterocycles. The van der Waals surface area contributed by atoms with Crippen LogP contribution in [0.4, 0.5) is 4.39 Å². The predicted octanol–water partition coefficient (Wildman–Crippen LogP) is 3.79. The molecule has 96 valence electrons. The van der Waals surface area contributed by atoms with Gasteiger partial charge in [-0.2, -0.15) is 0 Å². The van der Waals surface area contributed by atoms with Gasteiger partial charge in [0.05, 0.1) is 6.04 Å². The van der Waals surface area contributed by atoms with Gasteiger partial charge < -0.3 is 5.73 Å². The molecule has 0 amide bonds. The molecule has 0 saturated heterocycles. The summed E-state index contributed by atoms with van der Waals surface area (Å²) < 4.78 is 14.1. The SMILES string of the molecule is Cc1ccncc1C(N)c1cc2ccc(F)cc2s1. The molecule has 0 aliphatic rings. The molecule has 19 heavy (non-hydrogen) atoms. The summed E-state index contributed by atoms with van der Waals surface area (Å²) in [5.41, 5.74) is 8.42. The van der Waals surface area contributed by atoms with E-state index in [1.807, 2.05) is 19.1 Å². The number of nitrogens with zero attached hydrogens (tertiary/aromatic N) is 1. The minimum Gasteiger partial charge on any atom is -0.320 e. The number of hydrogen-bond donors (Lipinski definition) is 1. The summed E-state index contributed by atoms with van der Waals surface area (Å²) in [6.07, 6.45) is 3.55. The molecule has 0 aliphatic carbocycles. The second-order valence-corrected chi connectivity index (χ2v) is 5.66. The van der Waals surface area contributed by atoms with Crippen molar-refractivity contribution in [1.82, 2.24) is 4.98 Å². The third kappa shape index (κ3) is 2.25. The summed E-state index contributed by atoms with van der Waals surface area (Å²) in [5, 5.41) is 1.03. The number of aryl methyl sites for hydroxylation is 1. The summed E-state index contributed by atoms with van der Waals surface area (Å²) >= 11 is 1.53. The predicted molar refractivity (Wildman–Crippen MR) is 76.8 cm³/mol. The summed E-state index contributed by atoms with van der Waals surface area (Å²) in [7, 11) is 0. The van der Waals surface area contributed by atoms with Gasteiger partial charge in [-0.05, 0) is 47.7 Å². The van der Waals surface area contributed by atoms with Crippen LogP contribution in [-0.4, -0.2) is 4.98 Å². The number of pyridine rings is 1. The van der Waals surface area contributed by atoms with Gasteiger partial charge in [0.15, 0.2) is 0 Å². The van der Waals surface area contributed by atoms with Crippen molar-refractivity contribution in [3.05, 3.63) is 64.5 Å². The number of nitrogens with two attached hydrogens (primary N) is 1. The van der Waals surface area contributed by atoms with Crippen LogP contribution in [0, 0.1) is 12.7 Å². The number of fused-ring (bicyclic) bond motifs is 1. The summed E-state index contributed by atoms with van der Waals surface area (Å²) in [6.45, 7) is 2.02. The first-order valence-electron chi connectivity index (χ1n) is 6.00. The van der Waals surface area contributed by atoms with Gasteiger partial charge in [-0.15, -0.1) is 11.3 Å². The molecule has 0 bridgehead atoms. The van der Waals surface area contributed by atoms with Crippen molar-refractivity contribution in [2.45, 2.75) is 13.0 Å². The fraction of sp³-hybridized carbons (Fsp3) is 0.133. The van der Waals surface area contributed by atoms with E-state index in [0.29, 0.717) is 0 Å². The van der Waals surface area contributed by atoms with Crippen LogP contribution in [0.3, 0.4) is 0 Å². The van der Waals surface area contributed by atoms with Crippen LogP contribution in [0.5, 0.6) is 0 Å². The summed E-state index contributed by atoms with van der Waals surface area (Å²) in [4.78, 5) is 5.15. The van der Waals surface area contributed by atoms with Crippen LogP contribution in [0.1, 0.15) is 22.0 Å². The van der Waals surface area contributed by atoms with Crippen LogP contribution in [0.15, 0.2) is 42.7 Å². The molecule has 3 aromatic rings. The summed E-state index contributed by atoms with van der Waals surface area (Å²) in [6, 6.07) is 8.56. The maximum Gasteiger partial charge on any atom is 0.124 e. The van der Waals surface area contributed by atoms with Crippen molar-refractivity contribution >= 4 is 21.4 Å². The van der Waals surface area contributed by atoms with E-state index >= 15 is 0 Å². The molecule has 1 atom stereocenters. The van der Waals surface area contributed by atoms with Crippen LogP contribution in [-0.2, 0) is 0 Å². The Labute approximate surface area is 114 Å². The van der Waals surface area contributed by atoms with Crippen LogP contribution in [0.2, 0.25) is 0 Å². The van der Waals surface area contributed by atoms with Crippen molar-refractivity contribution in [3.8, 4) is 0 Å². The fourth-order valence-corrected chi connectivity index (χ4v) is 3.24. The largest absolute Gasteiger partial charge is 0.320 e. The molecule has 1 aromatic carbocycles. The van der Waals surface area contributed by atoms with Gasteiger partial charge in [0, 0.05) is 22.0 Å². The Morgan fingerprint density at radius 2 is 2.11 bits per heavy atom. The smallest absolute Gasteiger partial charge is 0.124 e. The zero-order chi connectivity index (χ0) is 13.4. The Morgan fingerprint density at radius 3 is 2.89 bits per heavy atom. The lowest BCUT2D eigenvalue weighted by Crippen LogP contribution is -2.11. The third-order valence-electron chi connectivity index (χ3n) is 3.22. The highest BCUT2D eigenvalue weighted by atomic mass is 32.1. The number of halogens is 1. The maximum absolute atomic E-state index is 13.2. The molecule has 1 unspecified atom stereocenters. The average molecular weight is 272 g/mol. The Kier molecular flexibility index (Phi) is 3.05. The van der Waals surface area contributed by atoms with Crippen molar-refractivity contribution in [1.29, 1.82) is 0 Å². The topological polar surface area (TPSA) is 38.9 Å². The third-order valence-corrected chi connectivity index (χ3v) is 4.40. The fourth-order valence-electron chi connectivity index (χ4n) is 2.13. The number of benzene rings is 1. The van der Waals surface area contributed by atoms with Gasteiger partial charge in [-0.25, -0.2) is 4.39 Å². The van der Waals surface area contributed by atoms with Gasteiger partial charge in [0.25, 0.3) is 0 Å². The van der Waals surface area contributed by atoms with E-state index in [1.54, 1.807) is 24.5 Å². The highest BCUT2D eigenvalue weighted by molar-refractivity contribution is 7.19. The number of thiophene rings is 1. The van der Waals surface area contributed by atoms with E-state index < -0.39 is 0 Å². The van der Waals surface area contributed by atoms with E-state index in [-0.39, 0.29) is 11.9 Å². The zero-order valence-corrected chi connectivity index (χ0v) is 11.2. The molecule has 0 spiro atoms. The first kappa shape index (κ1) is 12.3. The van der Waals surface area contributed by atoms with Gasteiger partial charge in [0.1, 0.15) is 5.82 Å². The van der Waals surface area contributed by atoms with Crippen molar-refractivity contribution < 1.29 is 4.39 Å². The molecule has 0 fully saturated rings. The molecule has 4 heteroatoms. The molecule has 2 heterocycles. The average Bonchev–Trinajstić information content (AvgIpc) is 2.81. The monoisotopic (exact) mass is 272 g/mol. The number of rotatable bonds is 2. The molecule has 0 aliphatic heterocycles. The standard InChI is InChI=1S/C15H13FN2S/c1-9-4-5-18-8-12(9)15(17)14-6-10-2-3-11(16)7-13(10)19-14/h2-8,15H,17H2,1H3. The highest BCUT2D eigenvalue weighted by Crippen LogP contribution is 2.32. The van der Waals surface area contributed by atoms with Crippen molar-refractivity contribution in [3.63, 3.8) is 0 Å². The molecule has 2 nitrogen and oxygen atoms in total. The first-order valence-corrected chi connectivity index (χ1v) is 6.82. The van der Waals surface area contributed by atoms with Gasteiger partial charge in [0.2, 0.25) is 0 Å². The van der Waals surface area contributed by atoms with Crippen LogP contribution < -0.4 is 5.73 Å². The Hall–Kier alpha value is -1.78. The second-order valence-electron chi connectivity index (χ2n) is 4.54. The molecular weight excluding hydrogens is 259 g/mol. The lowest BCUT2D eigenvalue weighted by atomic mass is 10.0. The molecule has 0 saturated carbocycles. The zero-order valence-electron chi connectivity index (χ0n) is 10.4. The highest BCUT2D eigenvalue weighted by Gasteiger charge is 2.14. The number of aromatic nitrogens is 1.